The Balaban J connectivity index is 1.05. The molecule has 0 bridgehead atoms. The minimum atomic E-state index is -3.36. The molecule has 1 aliphatic carbocycles. The van der Waals surface area contributed by atoms with Crippen molar-refractivity contribution in [3.05, 3.63) is 60.2 Å². The molecule has 1 aliphatic heterocycles. The maximum Gasteiger partial charge on any atom is 0.248 e. The van der Waals surface area contributed by atoms with Crippen LogP contribution in [0, 0.1) is 11.8 Å². The highest BCUT2D eigenvalue weighted by Gasteiger charge is 2.33. The number of carbonyl (C=O) groups is 1. The predicted molar refractivity (Wildman–Crippen MR) is 152 cm³/mol. The Morgan fingerprint density at radius 2 is 1.82 bits per heavy atom. The highest BCUT2D eigenvalue weighted by molar-refractivity contribution is 7.89. The Hall–Kier alpha value is -3.57. The van der Waals surface area contributed by atoms with Gasteiger partial charge in [0.15, 0.2) is 5.65 Å². The SMILES string of the molecule is NC(=O)c1ccc(OCC2CCCN(S(=O)(=O)CC3CCC(c4[nH]ncc5cnc6nccc6c45)CC3)C2)cc1. The van der Waals surface area contributed by atoms with Crippen LogP contribution in [0.1, 0.15) is 60.5 Å². The van der Waals surface area contributed by atoms with Crippen LogP contribution < -0.4 is 10.5 Å². The molecule has 40 heavy (non-hydrogen) atoms. The third-order valence-corrected chi connectivity index (χ3v) is 10.4. The van der Waals surface area contributed by atoms with Gasteiger partial charge in [0.05, 0.1) is 18.6 Å². The lowest BCUT2D eigenvalue weighted by molar-refractivity contribution is 0.1000. The number of aromatic nitrogens is 4. The van der Waals surface area contributed by atoms with Crippen LogP contribution in [0.15, 0.2) is 48.9 Å². The van der Waals surface area contributed by atoms with Gasteiger partial charge in [-0.2, -0.15) is 5.10 Å². The summed E-state index contributed by atoms with van der Waals surface area (Å²) in [6.45, 7) is 1.48. The van der Waals surface area contributed by atoms with Gasteiger partial charge in [0.25, 0.3) is 0 Å². The van der Waals surface area contributed by atoms with Crippen LogP contribution in [0.2, 0.25) is 0 Å². The highest BCUT2D eigenvalue weighted by atomic mass is 32.2. The molecule has 1 saturated heterocycles. The quantitative estimate of drug-likeness (QED) is 0.330. The van der Waals surface area contributed by atoms with E-state index in [1.165, 1.54) is 0 Å². The van der Waals surface area contributed by atoms with Gasteiger partial charge in [-0.15, -0.1) is 0 Å². The van der Waals surface area contributed by atoms with Gasteiger partial charge in [0.1, 0.15) is 5.75 Å². The van der Waals surface area contributed by atoms with E-state index in [0.717, 1.165) is 66.0 Å². The van der Waals surface area contributed by atoms with E-state index in [1.807, 2.05) is 12.3 Å². The largest absolute Gasteiger partial charge is 0.493 e. The number of benzene rings is 1. The number of H-pyrrole nitrogens is 1. The first-order valence-electron chi connectivity index (χ1n) is 13.9. The van der Waals surface area contributed by atoms with Gasteiger partial charge in [-0.3, -0.25) is 9.89 Å². The van der Waals surface area contributed by atoms with Gasteiger partial charge in [0, 0.05) is 64.7 Å². The van der Waals surface area contributed by atoms with Crippen molar-refractivity contribution < 1.29 is 17.9 Å². The van der Waals surface area contributed by atoms with Gasteiger partial charge >= 0.3 is 0 Å². The second-order valence-corrected chi connectivity index (χ2v) is 13.1. The van der Waals surface area contributed by atoms with Crippen LogP contribution in [0.25, 0.3) is 21.8 Å². The zero-order chi connectivity index (χ0) is 27.7. The number of carbonyl (C=O) groups excluding carboxylic acids is 1. The number of hydrogen-bond donors (Lipinski definition) is 2. The molecule has 1 unspecified atom stereocenters. The molecule has 1 saturated carbocycles. The van der Waals surface area contributed by atoms with Gasteiger partial charge in [-0.25, -0.2) is 22.7 Å². The lowest BCUT2D eigenvalue weighted by atomic mass is 9.80. The topological polar surface area (TPSA) is 144 Å². The van der Waals surface area contributed by atoms with Crippen LogP contribution in [0.5, 0.6) is 5.75 Å². The minimum Gasteiger partial charge on any atom is -0.493 e. The summed E-state index contributed by atoms with van der Waals surface area (Å²) in [4.78, 5) is 20.1. The molecule has 11 heteroatoms. The first-order chi connectivity index (χ1) is 19.4. The first-order valence-corrected chi connectivity index (χ1v) is 15.6. The number of rotatable bonds is 8. The van der Waals surface area contributed by atoms with E-state index in [1.54, 1.807) is 41.0 Å². The van der Waals surface area contributed by atoms with Gasteiger partial charge in [-0.1, -0.05) is 0 Å². The van der Waals surface area contributed by atoms with E-state index in [-0.39, 0.29) is 17.6 Å². The van der Waals surface area contributed by atoms with E-state index < -0.39 is 15.9 Å². The number of sulfonamides is 1. The summed E-state index contributed by atoms with van der Waals surface area (Å²) in [6.07, 6.45) is 10.7. The van der Waals surface area contributed by atoms with Crippen molar-refractivity contribution in [1.29, 1.82) is 0 Å². The zero-order valence-corrected chi connectivity index (χ0v) is 23.1. The molecule has 1 aromatic carbocycles. The van der Waals surface area contributed by atoms with Gasteiger partial charge in [0.2, 0.25) is 15.9 Å². The predicted octanol–water partition coefficient (Wildman–Crippen LogP) is 4.00. The standard InChI is InChI=1S/C29H34N6O4S/c30-28(36)22-7-9-24(10-8-22)39-17-20-2-1-13-35(16-20)40(37,38)18-19-3-5-21(6-4-19)27-26-23(15-33-34-27)14-32-29-25(26)11-12-31-29/h7-12,14-15,19-21,34H,1-6,13,16-18H2,(H2,30,36). The second kappa shape index (κ2) is 11.1. The minimum absolute atomic E-state index is 0.126. The first kappa shape index (κ1) is 26.6. The summed E-state index contributed by atoms with van der Waals surface area (Å²) in [7, 11) is -3.36. The molecule has 4 aromatic rings. The van der Waals surface area contributed by atoms with Crippen molar-refractivity contribution in [2.24, 2.45) is 17.6 Å². The molecule has 2 aliphatic rings. The van der Waals surface area contributed by atoms with Gasteiger partial charge in [-0.05, 0) is 74.8 Å². The van der Waals surface area contributed by atoms with Crippen molar-refractivity contribution in [1.82, 2.24) is 24.5 Å². The van der Waals surface area contributed by atoms with E-state index >= 15 is 0 Å². The van der Waals surface area contributed by atoms with E-state index in [4.69, 9.17) is 10.5 Å². The Morgan fingerprint density at radius 3 is 2.60 bits per heavy atom. The van der Waals surface area contributed by atoms with Crippen molar-refractivity contribution in [2.75, 3.05) is 25.4 Å². The number of primary amides is 1. The molecule has 4 heterocycles. The summed E-state index contributed by atoms with van der Waals surface area (Å²) in [5, 5.41) is 10.7. The second-order valence-electron chi connectivity index (χ2n) is 11.1. The number of hydrogen-bond acceptors (Lipinski definition) is 7. The van der Waals surface area contributed by atoms with E-state index in [9.17, 15) is 13.2 Å². The number of fused-ring (bicyclic) bond motifs is 3. The molecular weight excluding hydrogens is 528 g/mol. The van der Waals surface area contributed by atoms with Crippen molar-refractivity contribution in [3.63, 3.8) is 0 Å². The molecule has 1 atom stereocenters. The van der Waals surface area contributed by atoms with Crippen molar-refractivity contribution >= 4 is 37.7 Å². The van der Waals surface area contributed by atoms with E-state index in [0.29, 0.717) is 36.9 Å². The number of pyridine rings is 1. The fourth-order valence-electron chi connectivity index (χ4n) is 6.26. The summed E-state index contributed by atoms with van der Waals surface area (Å²) in [5.41, 5.74) is 7.56. The molecule has 3 aromatic heterocycles. The highest BCUT2D eigenvalue weighted by Crippen LogP contribution is 2.39. The average Bonchev–Trinajstić information content (AvgIpc) is 3.46. The Kier molecular flexibility index (Phi) is 7.41. The smallest absolute Gasteiger partial charge is 0.248 e. The Labute approximate surface area is 233 Å². The van der Waals surface area contributed by atoms with Crippen LogP contribution in [0.3, 0.4) is 0 Å². The fraction of sp³-hybridized carbons (Fsp3) is 0.448. The monoisotopic (exact) mass is 562 g/mol. The van der Waals surface area contributed by atoms with Crippen LogP contribution >= 0.6 is 0 Å². The molecule has 6 rings (SSSR count). The van der Waals surface area contributed by atoms with Crippen LogP contribution in [0.4, 0.5) is 0 Å². The van der Waals surface area contributed by atoms with Crippen LogP contribution in [-0.4, -0.2) is 64.2 Å². The molecule has 10 nitrogen and oxygen atoms in total. The lowest BCUT2D eigenvalue weighted by Crippen LogP contribution is -2.43. The Bertz CT molecular complexity index is 1610. The third-order valence-electron chi connectivity index (χ3n) is 8.42. The lowest BCUT2D eigenvalue weighted by Gasteiger charge is -2.34. The number of ether oxygens (including phenoxy) is 1. The average molecular weight is 563 g/mol. The van der Waals surface area contributed by atoms with Gasteiger partial charge < -0.3 is 10.5 Å². The number of piperidine rings is 1. The van der Waals surface area contributed by atoms with Crippen LogP contribution in [-0.2, 0) is 10.0 Å². The number of nitrogens with zero attached hydrogens (tertiary/aromatic N) is 4. The molecular formula is C29H34N6O4S. The molecule has 2 fully saturated rings. The fourth-order valence-corrected chi connectivity index (χ4v) is 8.25. The Morgan fingerprint density at radius 1 is 1.02 bits per heavy atom. The number of nitrogens with two attached hydrogens (primary N) is 1. The summed E-state index contributed by atoms with van der Waals surface area (Å²) < 4.78 is 34.4. The van der Waals surface area contributed by atoms with E-state index in [2.05, 4.69) is 20.2 Å². The third kappa shape index (κ3) is 5.53. The number of aromatic amines is 1. The maximum absolute atomic E-state index is 13.4. The molecule has 3 N–H and O–H groups in total. The maximum atomic E-state index is 13.4. The normalized spacial score (nSPS) is 22.4. The molecule has 0 radical (unpaired) electrons. The molecule has 1 amide bonds. The van der Waals surface area contributed by atoms with Crippen molar-refractivity contribution in [2.45, 2.75) is 44.4 Å². The molecule has 210 valence electrons. The summed E-state index contributed by atoms with van der Waals surface area (Å²) in [5.74, 6) is 0.927. The summed E-state index contributed by atoms with van der Waals surface area (Å²) in [6, 6.07) is 8.70. The zero-order valence-electron chi connectivity index (χ0n) is 22.3. The number of nitrogens with one attached hydrogen (secondary N) is 1. The van der Waals surface area contributed by atoms with Crippen molar-refractivity contribution in [3.8, 4) is 5.75 Å². The summed E-state index contributed by atoms with van der Waals surface area (Å²) >= 11 is 0. The number of amides is 1. The molecule has 0 spiro atoms.